The number of amides is 1. The Labute approximate surface area is 101 Å². The lowest BCUT2D eigenvalue weighted by Gasteiger charge is -2.21. The molecule has 0 unspecified atom stereocenters. The number of nitrogens with one attached hydrogen (secondary N) is 1. The number of aromatic nitrogens is 2. The summed E-state index contributed by atoms with van der Waals surface area (Å²) in [5, 5.41) is 2.81. The molecule has 0 saturated carbocycles. The molecule has 1 aromatic heterocycles. The van der Waals surface area contributed by atoms with Gasteiger partial charge in [-0.15, -0.1) is 0 Å². The van der Waals surface area contributed by atoms with Crippen molar-refractivity contribution in [2.45, 2.75) is 6.42 Å². The normalized spacial score (nSPS) is 16.8. The number of nitrogen functional groups attached to an aromatic ring is 1. The van der Waals surface area contributed by atoms with E-state index in [0.717, 1.165) is 16.8 Å². The van der Waals surface area contributed by atoms with Crippen LogP contribution in [0.5, 0.6) is 0 Å². The topological polar surface area (TPSA) is 84.1 Å². The summed E-state index contributed by atoms with van der Waals surface area (Å²) in [5.74, 6) is 1.05. The Kier molecular flexibility index (Phi) is 3.23. The van der Waals surface area contributed by atoms with E-state index in [1.165, 1.54) is 0 Å². The first-order chi connectivity index (χ1) is 7.66. The van der Waals surface area contributed by atoms with Crippen LogP contribution in [0.15, 0.2) is 10.7 Å². The molecule has 0 radical (unpaired) electrons. The van der Waals surface area contributed by atoms with Gasteiger partial charge < -0.3 is 16.0 Å². The molecule has 1 amide bonds. The molecule has 0 aliphatic carbocycles. The quantitative estimate of drug-likeness (QED) is 0.767. The molecule has 1 aromatic rings. The molecular formula is C9H12BrN5O. The molecule has 16 heavy (non-hydrogen) atoms. The van der Waals surface area contributed by atoms with Gasteiger partial charge in [0.2, 0.25) is 11.9 Å². The van der Waals surface area contributed by atoms with Crippen LogP contribution >= 0.6 is 15.9 Å². The lowest BCUT2D eigenvalue weighted by atomic mass is 10.3. The highest BCUT2D eigenvalue weighted by Crippen LogP contribution is 2.23. The van der Waals surface area contributed by atoms with Gasteiger partial charge in [0.05, 0.1) is 4.47 Å². The maximum Gasteiger partial charge on any atom is 0.222 e. The number of halogens is 1. The van der Waals surface area contributed by atoms with E-state index in [0.29, 0.717) is 19.5 Å². The Hall–Kier alpha value is -1.37. The van der Waals surface area contributed by atoms with Gasteiger partial charge in [-0.2, -0.15) is 4.98 Å². The Morgan fingerprint density at radius 3 is 3.12 bits per heavy atom. The zero-order chi connectivity index (χ0) is 11.5. The van der Waals surface area contributed by atoms with Crippen LogP contribution in [0.25, 0.3) is 0 Å². The van der Waals surface area contributed by atoms with E-state index < -0.39 is 0 Å². The average molecular weight is 286 g/mol. The summed E-state index contributed by atoms with van der Waals surface area (Å²) in [6.45, 7) is 1.98. The molecule has 3 N–H and O–H groups in total. The van der Waals surface area contributed by atoms with Crippen molar-refractivity contribution >= 4 is 33.6 Å². The summed E-state index contributed by atoms with van der Waals surface area (Å²) in [6, 6.07) is 0. The number of hydrogen-bond donors (Lipinski definition) is 2. The predicted octanol–water partition coefficient (Wildman–Crippen LogP) is 0.148. The van der Waals surface area contributed by atoms with E-state index in [4.69, 9.17) is 5.73 Å². The second-order valence-corrected chi connectivity index (χ2v) is 4.34. The molecule has 1 fully saturated rings. The number of anilines is 2. The van der Waals surface area contributed by atoms with E-state index in [-0.39, 0.29) is 11.9 Å². The smallest absolute Gasteiger partial charge is 0.222 e. The first-order valence-corrected chi connectivity index (χ1v) is 5.76. The highest BCUT2D eigenvalue weighted by Gasteiger charge is 2.17. The molecule has 0 spiro atoms. The van der Waals surface area contributed by atoms with Crippen molar-refractivity contribution in [1.82, 2.24) is 15.3 Å². The van der Waals surface area contributed by atoms with Crippen LogP contribution in [0.3, 0.4) is 0 Å². The standard InChI is InChI=1S/C9H12BrN5O/c10-6-5-13-9(11)14-8(6)15-3-1-7(16)12-2-4-15/h5H,1-4H2,(H,12,16)(H2,11,13,14). The minimum absolute atomic E-state index is 0.0700. The van der Waals surface area contributed by atoms with E-state index in [1.807, 2.05) is 4.90 Å². The Balaban J connectivity index is 2.22. The van der Waals surface area contributed by atoms with Gasteiger partial charge in [0.25, 0.3) is 0 Å². The van der Waals surface area contributed by atoms with Gasteiger partial charge in [0, 0.05) is 32.3 Å². The minimum Gasteiger partial charge on any atom is -0.368 e. The van der Waals surface area contributed by atoms with Gasteiger partial charge in [-0.25, -0.2) is 4.98 Å². The third-order valence-corrected chi connectivity index (χ3v) is 2.92. The van der Waals surface area contributed by atoms with Crippen LogP contribution in [0.4, 0.5) is 11.8 Å². The molecule has 2 heterocycles. The molecular weight excluding hydrogens is 274 g/mol. The van der Waals surface area contributed by atoms with E-state index >= 15 is 0 Å². The molecule has 2 rings (SSSR count). The number of nitrogens with zero attached hydrogens (tertiary/aromatic N) is 3. The van der Waals surface area contributed by atoms with Crippen LogP contribution in [-0.2, 0) is 4.79 Å². The first-order valence-electron chi connectivity index (χ1n) is 4.96. The van der Waals surface area contributed by atoms with Gasteiger partial charge in [0.15, 0.2) is 0 Å². The number of rotatable bonds is 1. The third-order valence-electron chi connectivity index (χ3n) is 2.36. The largest absolute Gasteiger partial charge is 0.368 e. The Morgan fingerprint density at radius 1 is 1.50 bits per heavy atom. The van der Waals surface area contributed by atoms with Crippen molar-refractivity contribution in [3.8, 4) is 0 Å². The summed E-state index contributed by atoms with van der Waals surface area (Å²) < 4.78 is 0.788. The SMILES string of the molecule is Nc1ncc(Br)c(N2CCNC(=O)CC2)n1. The molecule has 0 atom stereocenters. The van der Waals surface area contributed by atoms with E-state index in [1.54, 1.807) is 6.20 Å². The van der Waals surface area contributed by atoms with E-state index in [9.17, 15) is 4.79 Å². The number of nitrogens with two attached hydrogens (primary N) is 1. The summed E-state index contributed by atoms with van der Waals surface area (Å²) in [6.07, 6.45) is 2.09. The van der Waals surface area contributed by atoms with Crippen molar-refractivity contribution < 1.29 is 4.79 Å². The number of carbonyl (C=O) groups excluding carboxylic acids is 1. The van der Waals surface area contributed by atoms with Gasteiger partial charge >= 0.3 is 0 Å². The molecule has 0 aromatic carbocycles. The maximum atomic E-state index is 11.2. The van der Waals surface area contributed by atoms with Crippen molar-refractivity contribution in [1.29, 1.82) is 0 Å². The summed E-state index contributed by atoms with van der Waals surface area (Å²) >= 11 is 3.38. The van der Waals surface area contributed by atoms with Crippen molar-refractivity contribution in [2.24, 2.45) is 0 Å². The third kappa shape index (κ3) is 2.41. The fourth-order valence-electron chi connectivity index (χ4n) is 1.57. The summed E-state index contributed by atoms with van der Waals surface area (Å²) in [4.78, 5) is 21.3. The molecule has 1 saturated heterocycles. The Morgan fingerprint density at radius 2 is 2.31 bits per heavy atom. The zero-order valence-corrected chi connectivity index (χ0v) is 10.2. The zero-order valence-electron chi connectivity index (χ0n) is 8.61. The molecule has 7 heteroatoms. The molecule has 86 valence electrons. The van der Waals surface area contributed by atoms with Crippen molar-refractivity contribution in [2.75, 3.05) is 30.3 Å². The minimum atomic E-state index is 0.0700. The van der Waals surface area contributed by atoms with Crippen molar-refractivity contribution in [3.63, 3.8) is 0 Å². The monoisotopic (exact) mass is 285 g/mol. The molecule has 1 aliphatic rings. The maximum absolute atomic E-state index is 11.2. The fraction of sp³-hybridized carbons (Fsp3) is 0.444. The van der Waals surface area contributed by atoms with Crippen LogP contribution in [0.1, 0.15) is 6.42 Å². The predicted molar refractivity (Wildman–Crippen MR) is 64.0 cm³/mol. The van der Waals surface area contributed by atoms with Crippen molar-refractivity contribution in [3.05, 3.63) is 10.7 Å². The summed E-state index contributed by atoms with van der Waals surface area (Å²) in [7, 11) is 0. The summed E-state index contributed by atoms with van der Waals surface area (Å²) in [5.41, 5.74) is 5.55. The Bertz CT molecular complexity index is 411. The van der Waals surface area contributed by atoms with Gasteiger partial charge in [0.1, 0.15) is 5.82 Å². The molecule has 1 aliphatic heterocycles. The van der Waals surface area contributed by atoms with Crippen LogP contribution in [-0.4, -0.2) is 35.5 Å². The lowest BCUT2D eigenvalue weighted by molar-refractivity contribution is -0.120. The van der Waals surface area contributed by atoms with Gasteiger partial charge in [-0.3, -0.25) is 4.79 Å². The molecule has 0 bridgehead atoms. The first kappa shape index (κ1) is 11.1. The highest BCUT2D eigenvalue weighted by atomic mass is 79.9. The van der Waals surface area contributed by atoms with Crippen LogP contribution in [0, 0.1) is 0 Å². The van der Waals surface area contributed by atoms with Gasteiger partial charge in [-0.05, 0) is 15.9 Å². The number of carbonyl (C=O) groups is 1. The van der Waals surface area contributed by atoms with Crippen LogP contribution < -0.4 is 16.0 Å². The fourth-order valence-corrected chi connectivity index (χ4v) is 2.01. The highest BCUT2D eigenvalue weighted by molar-refractivity contribution is 9.10. The number of hydrogen-bond acceptors (Lipinski definition) is 5. The average Bonchev–Trinajstić information content (AvgIpc) is 2.47. The van der Waals surface area contributed by atoms with E-state index in [2.05, 4.69) is 31.2 Å². The molecule has 6 nitrogen and oxygen atoms in total. The van der Waals surface area contributed by atoms with Gasteiger partial charge in [-0.1, -0.05) is 0 Å². The second kappa shape index (κ2) is 4.65. The van der Waals surface area contributed by atoms with Crippen LogP contribution in [0.2, 0.25) is 0 Å². The second-order valence-electron chi connectivity index (χ2n) is 3.49. The lowest BCUT2D eigenvalue weighted by Crippen LogP contribution is -2.29.